The predicted molar refractivity (Wildman–Crippen MR) is 110 cm³/mol. The van der Waals surface area contributed by atoms with Crippen molar-refractivity contribution in [3.05, 3.63) is 95.0 Å². The molecule has 0 N–H and O–H groups in total. The molecule has 0 aliphatic carbocycles. The molecule has 0 fully saturated rings. The first kappa shape index (κ1) is 18.7. The Balaban J connectivity index is 1.65. The van der Waals surface area contributed by atoms with Crippen molar-refractivity contribution in [1.82, 2.24) is 19.7 Å². The lowest BCUT2D eigenvalue weighted by molar-refractivity contribution is 0.627. The van der Waals surface area contributed by atoms with E-state index >= 15 is 0 Å². The molecular formula is C21H16ClFN4S. The minimum Gasteiger partial charge on any atom is -0.298 e. The van der Waals surface area contributed by atoms with Crippen LogP contribution in [0.2, 0.25) is 5.02 Å². The molecule has 7 heteroatoms. The van der Waals surface area contributed by atoms with Crippen molar-refractivity contribution in [1.29, 1.82) is 0 Å². The van der Waals surface area contributed by atoms with Crippen LogP contribution in [0, 0.1) is 5.82 Å². The van der Waals surface area contributed by atoms with Crippen LogP contribution < -0.4 is 0 Å². The van der Waals surface area contributed by atoms with Crippen LogP contribution in [-0.2, 0) is 12.3 Å². The number of rotatable bonds is 6. The maximum atomic E-state index is 13.3. The first-order chi connectivity index (χ1) is 13.7. The number of pyridine rings is 1. The van der Waals surface area contributed by atoms with E-state index < -0.39 is 0 Å². The molecule has 0 bridgehead atoms. The van der Waals surface area contributed by atoms with Crippen LogP contribution in [-0.4, -0.2) is 19.7 Å². The molecule has 0 saturated carbocycles. The highest BCUT2D eigenvalue weighted by Crippen LogP contribution is 2.29. The number of benzene rings is 2. The quantitative estimate of drug-likeness (QED) is 0.395. The Morgan fingerprint density at radius 1 is 0.964 bits per heavy atom. The number of thioether (sulfide) groups is 1. The van der Waals surface area contributed by atoms with Crippen LogP contribution in [0.3, 0.4) is 0 Å². The van der Waals surface area contributed by atoms with Crippen molar-refractivity contribution in [2.45, 2.75) is 17.5 Å². The summed E-state index contributed by atoms with van der Waals surface area (Å²) in [6.07, 6.45) is 3.48. The fourth-order valence-electron chi connectivity index (χ4n) is 2.80. The van der Waals surface area contributed by atoms with Crippen molar-refractivity contribution in [3.63, 3.8) is 0 Å². The monoisotopic (exact) mass is 410 g/mol. The Hall–Kier alpha value is -2.70. The van der Waals surface area contributed by atoms with Gasteiger partial charge in [-0.15, -0.1) is 10.2 Å². The molecule has 0 atom stereocenters. The summed E-state index contributed by atoms with van der Waals surface area (Å²) < 4.78 is 15.4. The molecule has 2 aromatic carbocycles. The van der Waals surface area contributed by atoms with E-state index in [1.807, 2.05) is 30.3 Å². The zero-order chi connectivity index (χ0) is 19.3. The smallest absolute Gasteiger partial charge is 0.192 e. The third-order valence-electron chi connectivity index (χ3n) is 4.21. The molecular weight excluding hydrogens is 395 g/mol. The molecule has 0 aliphatic rings. The first-order valence-corrected chi connectivity index (χ1v) is 10.0. The lowest BCUT2D eigenvalue weighted by Gasteiger charge is -2.11. The summed E-state index contributed by atoms with van der Waals surface area (Å²) in [4.78, 5) is 4.08. The van der Waals surface area contributed by atoms with Crippen molar-refractivity contribution in [2.75, 3.05) is 0 Å². The van der Waals surface area contributed by atoms with E-state index in [9.17, 15) is 4.39 Å². The van der Waals surface area contributed by atoms with Crippen LogP contribution in [0.5, 0.6) is 0 Å². The molecule has 0 amide bonds. The Labute approximate surface area is 171 Å². The summed E-state index contributed by atoms with van der Waals surface area (Å²) >= 11 is 7.69. The van der Waals surface area contributed by atoms with Gasteiger partial charge in [0.05, 0.1) is 6.54 Å². The third-order valence-corrected chi connectivity index (χ3v) is 5.58. The molecule has 140 valence electrons. The summed E-state index contributed by atoms with van der Waals surface area (Å²) in [6, 6.07) is 18.4. The zero-order valence-corrected chi connectivity index (χ0v) is 16.4. The van der Waals surface area contributed by atoms with Gasteiger partial charge in [0.25, 0.3) is 0 Å². The summed E-state index contributed by atoms with van der Waals surface area (Å²) in [5.41, 5.74) is 2.96. The molecule has 0 radical (unpaired) electrons. The molecule has 0 spiro atoms. The van der Waals surface area contributed by atoms with Crippen LogP contribution in [0.25, 0.3) is 11.4 Å². The SMILES string of the molecule is Fc1ccc(CSc2nnc(-c3ccncc3)n2Cc2ccccc2)c(Cl)c1. The normalized spacial score (nSPS) is 10.9. The van der Waals surface area contributed by atoms with Crippen LogP contribution in [0.1, 0.15) is 11.1 Å². The number of halogens is 2. The maximum Gasteiger partial charge on any atom is 0.192 e. The Bertz CT molecular complexity index is 1070. The van der Waals surface area contributed by atoms with Gasteiger partial charge in [-0.2, -0.15) is 0 Å². The van der Waals surface area contributed by atoms with E-state index in [1.165, 1.54) is 23.9 Å². The minimum atomic E-state index is -0.342. The zero-order valence-electron chi connectivity index (χ0n) is 14.8. The molecule has 4 nitrogen and oxygen atoms in total. The van der Waals surface area contributed by atoms with Gasteiger partial charge in [0.2, 0.25) is 0 Å². The number of hydrogen-bond acceptors (Lipinski definition) is 4. The first-order valence-electron chi connectivity index (χ1n) is 8.65. The second kappa shape index (κ2) is 8.54. The van der Waals surface area contributed by atoms with Gasteiger partial charge in [-0.05, 0) is 35.4 Å². The highest BCUT2D eigenvalue weighted by molar-refractivity contribution is 7.98. The van der Waals surface area contributed by atoms with Crippen LogP contribution in [0.15, 0.2) is 78.2 Å². The largest absolute Gasteiger partial charge is 0.298 e. The fraction of sp³-hybridized carbons (Fsp3) is 0.0952. The van der Waals surface area contributed by atoms with E-state index in [0.717, 1.165) is 27.7 Å². The molecule has 4 aromatic rings. The average molecular weight is 411 g/mol. The number of hydrogen-bond donors (Lipinski definition) is 0. The Morgan fingerprint density at radius 3 is 2.50 bits per heavy atom. The van der Waals surface area contributed by atoms with Crippen molar-refractivity contribution >= 4 is 23.4 Å². The van der Waals surface area contributed by atoms with Crippen LogP contribution >= 0.6 is 23.4 Å². The maximum absolute atomic E-state index is 13.3. The number of nitrogens with zero attached hydrogens (tertiary/aromatic N) is 4. The van der Waals surface area contributed by atoms with Gasteiger partial charge in [-0.3, -0.25) is 9.55 Å². The molecule has 0 unspecified atom stereocenters. The fourth-order valence-corrected chi connectivity index (χ4v) is 4.05. The topological polar surface area (TPSA) is 43.6 Å². The average Bonchev–Trinajstić information content (AvgIpc) is 3.11. The summed E-state index contributed by atoms with van der Waals surface area (Å²) in [5, 5.41) is 9.98. The van der Waals surface area contributed by atoms with Gasteiger partial charge < -0.3 is 0 Å². The van der Waals surface area contributed by atoms with E-state index in [1.54, 1.807) is 18.5 Å². The molecule has 2 aromatic heterocycles. The lowest BCUT2D eigenvalue weighted by Crippen LogP contribution is -2.04. The van der Waals surface area contributed by atoms with Crippen molar-refractivity contribution < 1.29 is 4.39 Å². The molecule has 0 saturated heterocycles. The Morgan fingerprint density at radius 2 is 1.75 bits per heavy atom. The van der Waals surface area contributed by atoms with Gasteiger partial charge >= 0.3 is 0 Å². The molecule has 0 aliphatic heterocycles. The minimum absolute atomic E-state index is 0.342. The lowest BCUT2D eigenvalue weighted by atomic mass is 10.2. The van der Waals surface area contributed by atoms with E-state index in [0.29, 0.717) is 17.3 Å². The van der Waals surface area contributed by atoms with Gasteiger partial charge in [0.15, 0.2) is 11.0 Å². The third kappa shape index (κ3) is 4.24. The predicted octanol–water partition coefficient (Wildman–Crippen LogP) is 5.47. The molecule has 28 heavy (non-hydrogen) atoms. The summed E-state index contributed by atoms with van der Waals surface area (Å²) in [7, 11) is 0. The molecule has 2 heterocycles. The second-order valence-electron chi connectivity index (χ2n) is 6.14. The van der Waals surface area contributed by atoms with E-state index in [2.05, 4.69) is 31.9 Å². The van der Waals surface area contributed by atoms with Gasteiger partial charge in [-0.25, -0.2) is 4.39 Å². The highest BCUT2D eigenvalue weighted by atomic mass is 35.5. The number of aromatic nitrogens is 4. The second-order valence-corrected chi connectivity index (χ2v) is 7.49. The van der Waals surface area contributed by atoms with E-state index in [4.69, 9.17) is 11.6 Å². The van der Waals surface area contributed by atoms with Crippen LogP contribution in [0.4, 0.5) is 4.39 Å². The van der Waals surface area contributed by atoms with Gasteiger partial charge in [-0.1, -0.05) is 59.8 Å². The van der Waals surface area contributed by atoms with Crippen molar-refractivity contribution in [3.8, 4) is 11.4 Å². The Kier molecular flexibility index (Phi) is 5.69. The highest BCUT2D eigenvalue weighted by Gasteiger charge is 2.15. The van der Waals surface area contributed by atoms with Gasteiger partial charge in [0.1, 0.15) is 5.82 Å². The molecule has 4 rings (SSSR count). The summed E-state index contributed by atoms with van der Waals surface area (Å²) in [6.45, 7) is 0.644. The van der Waals surface area contributed by atoms with Crippen molar-refractivity contribution in [2.24, 2.45) is 0 Å². The standard InChI is InChI=1S/C21H16ClFN4S/c22-19-12-18(23)7-6-17(19)14-28-21-26-25-20(16-8-10-24-11-9-16)27(21)13-15-4-2-1-3-5-15/h1-12H,13-14H2. The van der Waals surface area contributed by atoms with Gasteiger partial charge in [0, 0.05) is 28.7 Å². The van der Waals surface area contributed by atoms with E-state index in [-0.39, 0.29) is 5.82 Å². The summed E-state index contributed by atoms with van der Waals surface area (Å²) in [5.74, 6) is 1.01.